The quantitative estimate of drug-likeness (QED) is 0.306. The summed E-state index contributed by atoms with van der Waals surface area (Å²) in [6, 6.07) is 5.09. The van der Waals surface area contributed by atoms with Gasteiger partial charge in [-0.15, -0.1) is 0 Å². The van der Waals surface area contributed by atoms with Gasteiger partial charge >= 0.3 is 6.18 Å². The van der Waals surface area contributed by atoms with Gasteiger partial charge in [-0.1, -0.05) is 0 Å². The molecule has 3 aromatic rings. The third-order valence-electron chi connectivity index (χ3n) is 8.91. The lowest BCUT2D eigenvalue weighted by Gasteiger charge is -2.26. The molecule has 224 valence electrons. The first-order valence-electron chi connectivity index (χ1n) is 14.6. The van der Waals surface area contributed by atoms with Gasteiger partial charge in [0.25, 0.3) is 0 Å². The van der Waals surface area contributed by atoms with Crippen LogP contribution in [0.15, 0.2) is 36.8 Å². The van der Waals surface area contributed by atoms with Gasteiger partial charge in [-0.3, -0.25) is 9.69 Å². The van der Waals surface area contributed by atoms with E-state index < -0.39 is 17.7 Å². The number of rotatable bonds is 7. The summed E-state index contributed by atoms with van der Waals surface area (Å²) in [5.74, 6) is -0.102. The highest BCUT2D eigenvalue weighted by Gasteiger charge is 2.39. The predicted octanol–water partition coefficient (Wildman–Crippen LogP) is 4.70. The van der Waals surface area contributed by atoms with E-state index >= 15 is 0 Å². The van der Waals surface area contributed by atoms with Crippen LogP contribution >= 0.6 is 0 Å². The number of alkyl halides is 3. The lowest BCUT2D eigenvalue weighted by atomic mass is 9.88. The number of pyridine rings is 1. The van der Waals surface area contributed by atoms with Crippen molar-refractivity contribution in [3.8, 4) is 0 Å². The van der Waals surface area contributed by atoms with Crippen molar-refractivity contribution < 1.29 is 27.1 Å². The van der Waals surface area contributed by atoms with E-state index in [1.807, 2.05) is 0 Å². The van der Waals surface area contributed by atoms with Crippen LogP contribution < -0.4 is 10.6 Å². The zero-order valence-corrected chi connectivity index (χ0v) is 23.2. The molecule has 1 amide bonds. The molecule has 1 aliphatic carbocycles. The smallest absolute Gasteiger partial charge is 0.381 e. The van der Waals surface area contributed by atoms with Gasteiger partial charge in [0, 0.05) is 50.0 Å². The third kappa shape index (κ3) is 6.34. The average molecular weight is 587 g/mol. The fourth-order valence-electron chi connectivity index (χ4n) is 6.81. The van der Waals surface area contributed by atoms with E-state index in [4.69, 9.17) is 4.74 Å². The number of halogens is 4. The van der Waals surface area contributed by atoms with E-state index in [9.17, 15) is 22.4 Å². The van der Waals surface area contributed by atoms with Crippen molar-refractivity contribution in [1.29, 1.82) is 0 Å². The molecule has 1 aromatic carbocycles. The van der Waals surface area contributed by atoms with E-state index in [-0.39, 0.29) is 41.5 Å². The number of aryl methyl sites for hydroxylation is 1. The van der Waals surface area contributed by atoms with Crippen LogP contribution in [0.2, 0.25) is 0 Å². The second-order valence-corrected chi connectivity index (χ2v) is 11.6. The first-order valence-corrected chi connectivity index (χ1v) is 14.6. The second-order valence-electron chi connectivity index (χ2n) is 11.6. The van der Waals surface area contributed by atoms with E-state index in [0.29, 0.717) is 18.1 Å². The third-order valence-corrected chi connectivity index (χ3v) is 8.91. The normalized spacial score (nSPS) is 24.9. The molecule has 0 saturated carbocycles. The molecule has 2 aliphatic heterocycles. The number of nitrogens with one attached hydrogen (secondary N) is 2. The highest BCUT2D eigenvalue weighted by atomic mass is 19.4. The molecule has 2 N–H and O–H groups in total. The number of ether oxygens (including phenoxy) is 1. The molecule has 4 atom stereocenters. The van der Waals surface area contributed by atoms with Gasteiger partial charge in [0.1, 0.15) is 12.1 Å². The number of nitrogens with zero attached hydrogens (tertiary/aromatic N) is 4. The zero-order valence-electron chi connectivity index (χ0n) is 23.2. The maximum absolute atomic E-state index is 13.7. The standard InChI is InChI=1S/C30H34F4N6O2/c31-27-11-19-4-3-18(24(19)13-35-27)10-20-15-40(22-2-1-8-42-9-7-22)16-26(20)39-28(41)14-36-29-23-12-21(30(32,33)34)5-6-25(23)37-17-38-29/h5-6,11-13,17-18,20,22,26H,1-4,7-10,14-16H2,(H,39,41)(H,36,37,38)/t18?,20-,22?,26?/m0/s1. The minimum Gasteiger partial charge on any atom is -0.381 e. The lowest BCUT2D eigenvalue weighted by Crippen LogP contribution is -2.44. The van der Waals surface area contributed by atoms with Crippen molar-refractivity contribution in [3.63, 3.8) is 0 Å². The Labute approximate surface area is 241 Å². The van der Waals surface area contributed by atoms with Crippen molar-refractivity contribution in [2.24, 2.45) is 5.92 Å². The first-order chi connectivity index (χ1) is 20.2. The molecule has 0 bridgehead atoms. The second kappa shape index (κ2) is 12.1. The molecule has 3 unspecified atom stereocenters. The lowest BCUT2D eigenvalue weighted by molar-refractivity contribution is -0.137. The molecule has 0 radical (unpaired) electrons. The molecule has 6 rings (SSSR count). The average Bonchev–Trinajstić information content (AvgIpc) is 3.42. The van der Waals surface area contributed by atoms with Crippen LogP contribution in [-0.4, -0.2) is 70.7 Å². The summed E-state index contributed by atoms with van der Waals surface area (Å²) >= 11 is 0. The Morgan fingerprint density at radius 3 is 2.81 bits per heavy atom. The van der Waals surface area contributed by atoms with E-state index in [1.165, 1.54) is 18.5 Å². The van der Waals surface area contributed by atoms with Crippen molar-refractivity contribution in [2.45, 2.75) is 62.7 Å². The number of likely N-dealkylation sites (tertiary alicyclic amines) is 1. The monoisotopic (exact) mass is 586 g/mol. The molecule has 42 heavy (non-hydrogen) atoms. The molecule has 2 saturated heterocycles. The largest absolute Gasteiger partial charge is 0.416 e. The highest BCUT2D eigenvalue weighted by Crippen LogP contribution is 2.40. The van der Waals surface area contributed by atoms with Gasteiger partial charge in [-0.25, -0.2) is 15.0 Å². The van der Waals surface area contributed by atoms with Crippen molar-refractivity contribution in [1.82, 2.24) is 25.2 Å². The Kier molecular flexibility index (Phi) is 8.26. The van der Waals surface area contributed by atoms with Crippen molar-refractivity contribution >= 4 is 22.6 Å². The molecule has 0 spiro atoms. The molecular formula is C30H34F4N6O2. The number of amides is 1. The summed E-state index contributed by atoms with van der Waals surface area (Å²) in [6.45, 7) is 2.92. The van der Waals surface area contributed by atoms with Gasteiger partial charge in [0.05, 0.1) is 17.6 Å². The Morgan fingerprint density at radius 2 is 1.95 bits per heavy atom. The van der Waals surface area contributed by atoms with Crippen molar-refractivity contribution in [2.75, 3.05) is 38.2 Å². The molecule has 2 aromatic heterocycles. The van der Waals surface area contributed by atoms with Crippen LogP contribution in [0.25, 0.3) is 10.9 Å². The Morgan fingerprint density at radius 1 is 1.07 bits per heavy atom. The zero-order chi connectivity index (χ0) is 29.3. The first kappa shape index (κ1) is 28.7. The minimum absolute atomic E-state index is 0.0973. The summed E-state index contributed by atoms with van der Waals surface area (Å²) in [5, 5.41) is 6.33. The number of aromatic nitrogens is 3. The molecule has 3 aliphatic rings. The molecular weight excluding hydrogens is 552 g/mol. The fraction of sp³-hybridized carbons (Fsp3) is 0.533. The van der Waals surface area contributed by atoms with Crippen LogP contribution in [0.5, 0.6) is 0 Å². The maximum atomic E-state index is 13.7. The van der Waals surface area contributed by atoms with Crippen LogP contribution in [0.1, 0.15) is 54.7 Å². The van der Waals surface area contributed by atoms with Gasteiger partial charge < -0.3 is 15.4 Å². The number of hydrogen-bond donors (Lipinski definition) is 2. The highest BCUT2D eigenvalue weighted by molar-refractivity contribution is 5.91. The van der Waals surface area contributed by atoms with E-state index in [0.717, 1.165) is 81.5 Å². The summed E-state index contributed by atoms with van der Waals surface area (Å²) in [6.07, 6.45) is 4.02. The number of benzene rings is 1. The summed E-state index contributed by atoms with van der Waals surface area (Å²) in [7, 11) is 0. The molecule has 12 heteroatoms. The molecule has 4 heterocycles. The van der Waals surface area contributed by atoms with Crippen LogP contribution in [0.3, 0.4) is 0 Å². The minimum atomic E-state index is -4.50. The van der Waals surface area contributed by atoms with Gasteiger partial charge in [-0.05, 0) is 85.8 Å². The summed E-state index contributed by atoms with van der Waals surface area (Å²) < 4.78 is 59.3. The maximum Gasteiger partial charge on any atom is 0.416 e. The number of anilines is 1. The van der Waals surface area contributed by atoms with Crippen LogP contribution in [0, 0.1) is 11.9 Å². The number of fused-ring (bicyclic) bond motifs is 2. The van der Waals surface area contributed by atoms with Gasteiger partial charge in [-0.2, -0.15) is 17.6 Å². The molecule has 2 fully saturated rings. The van der Waals surface area contributed by atoms with Gasteiger partial charge in [0.15, 0.2) is 0 Å². The SMILES string of the molecule is O=C(CNc1ncnc2ccc(C(F)(F)F)cc12)NC1CN(C2CCCOCC2)C[C@@H]1CC1CCc2cc(F)ncc21. The van der Waals surface area contributed by atoms with Crippen LogP contribution in [-0.2, 0) is 22.1 Å². The van der Waals surface area contributed by atoms with Gasteiger partial charge in [0.2, 0.25) is 11.9 Å². The number of hydrogen-bond acceptors (Lipinski definition) is 7. The number of carbonyl (C=O) groups is 1. The topological polar surface area (TPSA) is 92.3 Å². The Hall–Kier alpha value is -3.38. The predicted molar refractivity (Wildman–Crippen MR) is 148 cm³/mol. The summed E-state index contributed by atoms with van der Waals surface area (Å²) in [5.41, 5.74) is 1.66. The van der Waals surface area contributed by atoms with E-state index in [1.54, 1.807) is 6.20 Å². The Bertz CT molecular complexity index is 1430. The Balaban J connectivity index is 1.15. The fourth-order valence-corrected chi connectivity index (χ4v) is 6.81. The summed E-state index contributed by atoms with van der Waals surface area (Å²) in [4.78, 5) is 27.7. The molecule has 8 nitrogen and oxygen atoms in total. The van der Waals surface area contributed by atoms with E-state index in [2.05, 4.69) is 30.5 Å². The van der Waals surface area contributed by atoms with Crippen molar-refractivity contribution in [3.05, 3.63) is 59.4 Å². The number of carbonyl (C=O) groups excluding carboxylic acids is 1. The van der Waals surface area contributed by atoms with Crippen LogP contribution in [0.4, 0.5) is 23.4 Å².